The molecule has 1 heterocycles. The van der Waals surface area contributed by atoms with Gasteiger partial charge in [-0.05, 0) is 37.5 Å². The number of hydrogen-bond acceptors (Lipinski definition) is 4. The van der Waals surface area contributed by atoms with Crippen LogP contribution in [-0.4, -0.2) is 61.6 Å². The topological polar surface area (TPSA) is 83.0 Å². The number of guanidine groups is 1. The fourth-order valence-corrected chi connectivity index (χ4v) is 5.82. The van der Waals surface area contributed by atoms with E-state index in [1.807, 2.05) is 0 Å². The Kier molecular flexibility index (Phi) is 6.46. The summed E-state index contributed by atoms with van der Waals surface area (Å²) in [6, 6.07) is 0. The highest BCUT2D eigenvalue weighted by Gasteiger charge is 2.58. The van der Waals surface area contributed by atoms with Crippen LogP contribution in [0.2, 0.25) is 0 Å². The van der Waals surface area contributed by atoms with Crippen LogP contribution in [0.1, 0.15) is 51.9 Å². The number of hydrogen-bond donors (Lipinski definition) is 2. The molecule has 2 amide bonds. The first kappa shape index (κ1) is 21.3. The molecule has 30 heavy (non-hydrogen) atoms. The van der Waals surface area contributed by atoms with Gasteiger partial charge in [-0.25, -0.2) is 0 Å². The van der Waals surface area contributed by atoms with Crippen molar-refractivity contribution >= 4 is 17.8 Å². The second-order valence-corrected chi connectivity index (χ2v) is 9.27. The lowest BCUT2D eigenvalue weighted by Crippen LogP contribution is -2.50. The summed E-state index contributed by atoms with van der Waals surface area (Å²) in [5, 5.41) is 6.69. The summed E-state index contributed by atoms with van der Waals surface area (Å²) in [5.41, 5.74) is -0.115. The van der Waals surface area contributed by atoms with Gasteiger partial charge < -0.3 is 15.4 Å². The second-order valence-electron chi connectivity index (χ2n) is 9.27. The molecule has 7 nitrogen and oxygen atoms in total. The summed E-state index contributed by atoms with van der Waals surface area (Å²) in [6.07, 6.45) is 12.1. The fourth-order valence-electron chi connectivity index (χ4n) is 5.82. The van der Waals surface area contributed by atoms with E-state index in [1.165, 1.54) is 24.2 Å². The molecule has 7 heteroatoms. The highest BCUT2D eigenvalue weighted by atomic mass is 16.5. The number of imide groups is 1. The number of likely N-dealkylation sites (tertiary alicyclic amines) is 1. The molecule has 0 spiro atoms. The second kappa shape index (κ2) is 9.08. The Hall–Kier alpha value is -1.89. The average molecular weight is 417 g/mol. The number of ether oxygens (including phenoxy) is 1. The molecular weight excluding hydrogens is 380 g/mol. The van der Waals surface area contributed by atoms with Crippen LogP contribution < -0.4 is 10.6 Å². The van der Waals surface area contributed by atoms with Crippen LogP contribution in [0.5, 0.6) is 0 Å². The maximum atomic E-state index is 12.8. The van der Waals surface area contributed by atoms with E-state index < -0.39 is 0 Å². The van der Waals surface area contributed by atoms with Crippen LogP contribution in [0.3, 0.4) is 0 Å². The molecule has 4 atom stereocenters. The Morgan fingerprint density at radius 3 is 2.40 bits per heavy atom. The third-order valence-electron chi connectivity index (χ3n) is 7.37. The van der Waals surface area contributed by atoms with Crippen molar-refractivity contribution in [3.05, 3.63) is 12.2 Å². The Bertz CT molecular complexity index is 683. The highest BCUT2D eigenvalue weighted by Crippen LogP contribution is 2.52. The minimum absolute atomic E-state index is 0.0146. The first-order valence-electron chi connectivity index (χ1n) is 11.7. The van der Waals surface area contributed by atoms with Crippen molar-refractivity contribution in [2.24, 2.45) is 28.7 Å². The van der Waals surface area contributed by atoms with Gasteiger partial charge in [0.15, 0.2) is 5.96 Å². The highest BCUT2D eigenvalue weighted by molar-refractivity contribution is 6.06. The van der Waals surface area contributed by atoms with Crippen LogP contribution >= 0.6 is 0 Å². The molecule has 0 radical (unpaired) electrons. The molecule has 2 N–H and O–H groups in total. The average Bonchev–Trinajstić information content (AvgIpc) is 3.45. The van der Waals surface area contributed by atoms with Crippen LogP contribution in [-0.2, 0) is 14.3 Å². The van der Waals surface area contributed by atoms with E-state index in [1.54, 1.807) is 7.05 Å². The monoisotopic (exact) mass is 416 g/mol. The van der Waals surface area contributed by atoms with Gasteiger partial charge in [0.25, 0.3) is 0 Å². The van der Waals surface area contributed by atoms with Crippen molar-refractivity contribution in [1.82, 2.24) is 15.5 Å². The zero-order valence-corrected chi connectivity index (χ0v) is 18.4. The van der Waals surface area contributed by atoms with E-state index >= 15 is 0 Å². The standard InChI is InChI=1S/C23H36N4O3/c1-3-13-30-23(9-5-4-6-10-23)15-26-22(24-2)25-11-12-27-20(28)18-16-7-8-17(14-16)19(18)21(27)29/h7-8,16-19H,3-6,9-15H2,1-2H3,(H2,24,25,26). The van der Waals surface area contributed by atoms with Crippen molar-refractivity contribution in [2.45, 2.75) is 57.5 Å². The van der Waals surface area contributed by atoms with Crippen LogP contribution in [0.4, 0.5) is 0 Å². The molecule has 4 unspecified atom stereocenters. The summed E-state index contributed by atoms with van der Waals surface area (Å²) in [6.45, 7) is 4.55. The smallest absolute Gasteiger partial charge is 0.233 e. The molecule has 3 fully saturated rings. The molecule has 2 saturated carbocycles. The molecule has 3 aliphatic carbocycles. The minimum Gasteiger partial charge on any atom is -0.373 e. The van der Waals surface area contributed by atoms with E-state index in [0.717, 1.165) is 38.8 Å². The lowest BCUT2D eigenvalue weighted by Gasteiger charge is -2.37. The van der Waals surface area contributed by atoms with Crippen molar-refractivity contribution in [3.63, 3.8) is 0 Å². The van der Waals surface area contributed by atoms with E-state index in [9.17, 15) is 9.59 Å². The van der Waals surface area contributed by atoms with Gasteiger partial charge in [0.05, 0.1) is 17.4 Å². The molecule has 0 aromatic rings. The quantitative estimate of drug-likeness (QED) is 0.274. The number of fused-ring (bicyclic) bond motifs is 5. The molecule has 1 saturated heterocycles. The lowest BCUT2D eigenvalue weighted by molar-refractivity contribution is -0.140. The van der Waals surface area contributed by atoms with Gasteiger partial charge in [-0.15, -0.1) is 0 Å². The largest absolute Gasteiger partial charge is 0.373 e. The van der Waals surface area contributed by atoms with Crippen molar-refractivity contribution in [2.75, 3.05) is 33.3 Å². The van der Waals surface area contributed by atoms with Gasteiger partial charge in [-0.2, -0.15) is 0 Å². The first-order valence-corrected chi connectivity index (χ1v) is 11.7. The number of carbonyl (C=O) groups excluding carboxylic acids is 2. The number of nitrogens with zero attached hydrogens (tertiary/aromatic N) is 2. The molecule has 166 valence electrons. The lowest BCUT2D eigenvalue weighted by atomic mass is 9.84. The summed E-state index contributed by atoms with van der Waals surface area (Å²) in [5.74, 6) is 1.01. The predicted octanol–water partition coefficient (Wildman–Crippen LogP) is 2.09. The van der Waals surface area contributed by atoms with Gasteiger partial charge >= 0.3 is 0 Å². The van der Waals surface area contributed by atoms with E-state index in [2.05, 4.69) is 34.7 Å². The molecular formula is C23H36N4O3. The van der Waals surface area contributed by atoms with E-state index in [-0.39, 0.29) is 41.1 Å². The van der Waals surface area contributed by atoms with Crippen molar-refractivity contribution in [1.29, 1.82) is 0 Å². The van der Waals surface area contributed by atoms with Gasteiger partial charge in [0.2, 0.25) is 11.8 Å². The summed E-state index contributed by atoms with van der Waals surface area (Å²) in [7, 11) is 1.75. The Balaban J connectivity index is 1.26. The Labute approximate surface area is 179 Å². The van der Waals surface area contributed by atoms with E-state index in [4.69, 9.17) is 4.74 Å². The molecule has 4 rings (SSSR count). The first-order chi connectivity index (χ1) is 14.6. The number of carbonyl (C=O) groups is 2. The van der Waals surface area contributed by atoms with Crippen molar-refractivity contribution in [3.8, 4) is 0 Å². The molecule has 0 aromatic heterocycles. The molecule has 1 aliphatic heterocycles. The van der Waals surface area contributed by atoms with E-state index in [0.29, 0.717) is 19.0 Å². The number of amides is 2. The molecule has 0 aromatic carbocycles. The van der Waals surface area contributed by atoms with Gasteiger partial charge in [0.1, 0.15) is 0 Å². The zero-order chi connectivity index (χ0) is 21.1. The van der Waals surface area contributed by atoms with Crippen LogP contribution in [0.25, 0.3) is 0 Å². The number of allylic oxidation sites excluding steroid dienone is 2. The number of rotatable bonds is 8. The minimum atomic E-state index is -0.119. The molecule has 4 aliphatic rings. The van der Waals surface area contributed by atoms with Gasteiger partial charge in [-0.3, -0.25) is 19.5 Å². The summed E-state index contributed by atoms with van der Waals surface area (Å²) >= 11 is 0. The van der Waals surface area contributed by atoms with Crippen LogP contribution in [0, 0.1) is 23.7 Å². The SMILES string of the molecule is CCCOC1(CNC(=NC)NCCN2C(=O)C3C4C=CC(C4)C3C2=O)CCCCC1. The number of nitrogens with one attached hydrogen (secondary N) is 2. The van der Waals surface area contributed by atoms with Crippen LogP contribution in [0.15, 0.2) is 17.1 Å². The van der Waals surface area contributed by atoms with Gasteiger partial charge in [0, 0.05) is 33.3 Å². The van der Waals surface area contributed by atoms with Crippen molar-refractivity contribution < 1.29 is 14.3 Å². The molecule has 2 bridgehead atoms. The third kappa shape index (κ3) is 4.01. The maximum Gasteiger partial charge on any atom is 0.233 e. The summed E-state index contributed by atoms with van der Waals surface area (Å²) < 4.78 is 6.25. The number of aliphatic imine (C=N–C) groups is 1. The predicted molar refractivity (Wildman–Crippen MR) is 116 cm³/mol. The Morgan fingerprint density at radius 2 is 1.80 bits per heavy atom. The fraction of sp³-hybridized carbons (Fsp3) is 0.783. The Morgan fingerprint density at radius 1 is 1.13 bits per heavy atom. The third-order valence-corrected chi connectivity index (χ3v) is 7.37. The summed E-state index contributed by atoms with van der Waals surface area (Å²) in [4.78, 5) is 31.4. The van der Waals surface area contributed by atoms with Gasteiger partial charge in [-0.1, -0.05) is 38.3 Å². The zero-order valence-electron chi connectivity index (χ0n) is 18.4. The normalized spacial score (nSPS) is 32.1. The maximum absolute atomic E-state index is 12.8.